The third-order valence-corrected chi connectivity index (χ3v) is 1.56. The number of hydrogen-bond donors (Lipinski definition) is 1. The van der Waals surface area contributed by atoms with Crippen molar-refractivity contribution < 1.29 is 0 Å². The van der Waals surface area contributed by atoms with E-state index in [9.17, 15) is 0 Å². The van der Waals surface area contributed by atoms with Crippen LogP contribution in [0.3, 0.4) is 0 Å². The van der Waals surface area contributed by atoms with Crippen LogP contribution >= 0.6 is 11.6 Å². The molecule has 3 heteroatoms. The van der Waals surface area contributed by atoms with Crippen LogP contribution in [0.2, 0.25) is 5.15 Å². The van der Waals surface area contributed by atoms with Gasteiger partial charge in [-0.2, -0.15) is 0 Å². The highest BCUT2D eigenvalue weighted by molar-refractivity contribution is 6.29. The normalized spacial score (nSPS) is 9.50. The number of aryl methyl sites for hydroxylation is 1. The lowest BCUT2D eigenvalue weighted by molar-refractivity contribution is 1.21. The van der Waals surface area contributed by atoms with E-state index in [4.69, 9.17) is 11.6 Å². The van der Waals surface area contributed by atoms with E-state index in [0.717, 1.165) is 11.4 Å². The average Bonchev–Trinajstić information content (AvgIpc) is 1.99. The smallest absolute Gasteiger partial charge is 0.131 e. The van der Waals surface area contributed by atoms with Gasteiger partial charge in [0.25, 0.3) is 0 Å². The fraction of sp³-hybridized carbons (Fsp3) is 0.222. The summed E-state index contributed by atoms with van der Waals surface area (Å²) in [5, 5.41) is 3.58. The molecule has 0 bridgehead atoms. The fourth-order valence-electron chi connectivity index (χ4n) is 0.892. The zero-order chi connectivity index (χ0) is 8.97. The number of nitrogens with zero attached hydrogens (tertiary/aromatic N) is 1. The molecular formula is C9H11ClN2. The third kappa shape index (κ3) is 2.55. The van der Waals surface area contributed by atoms with E-state index in [1.807, 2.05) is 19.1 Å². The van der Waals surface area contributed by atoms with Gasteiger partial charge in [-0.25, -0.2) is 4.98 Å². The van der Waals surface area contributed by atoms with Gasteiger partial charge in [-0.1, -0.05) is 17.7 Å². The molecule has 0 unspecified atom stereocenters. The lowest BCUT2D eigenvalue weighted by atomic mass is 10.3. The Balaban J connectivity index is 2.78. The topological polar surface area (TPSA) is 24.9 Å². The molecule has 12 heavy (non-hydrogen) atoms. The molecule has 0 amide bonds. The molecule has 1 aromatic rings. The van der Waals surface area contributed by atoms with Crippen LogP contribution < -0.4 is 5.32 Å². The van der Waals surface area contributed by atoms with Gasteiger partial charge in [0, 0.05) is 6.54 Å². The number of nitrogens with one attached hydrogen (secondary N) is 1. The molecule has 1 N–H and O–H groups in total. The Labute approximate surface area is 77.3 Å². The summed E-state index contributed by atoms with van der Waals surface area (Å²) < 4.78 is 0. The van der Waals surface area contributed by atoms with Crippen LogP contribution in [0.15, 0.2) is 24.8 Å². The van der Waals surface area contributed by atoms with E-state index in [0.29, 0.717) is 11.7 Å². The van der Waals surface area contributed by atoms with Crippen LogP contribution in [0.25, 0.3) is 0 Å². The van der Waals surface area contributed by atoms with Gasteiger partial charge in [0.2, 0.25) is 0 Å². The standard InChI is InChI=1S/C9H11ClN2/c1-3-4-11-9-6-7(2)5-8(10)12-9/h3,5-6H,1,4H2,2H3,(H,11,12). The Morgan fingerprint density at radius 1 is 1.67 bits per heavy atom. The quantitative estimate of drug-likeness (QED) is 0.574. The number of rotatable bonds is 3. The number of anilines is 1. The van der Waals surface area contributed by atoms with Crippen molar-refractivity contribution in [3.63, 3.8) is 0 Å². The van der Waals surface area contributed by atoms with Gasteiger partial charge in [-0.3, -0.25) is 0 Å². The second kappa shape index (κ2) is 4.12. The summed E-state index contributed by atoms with van der Waals surface area (Å²) in [4.78, 5) is 4.08. The number of aromatic nitrogens is 1. The van der Waals surface area contributed by atoms with Crippen molar-refractivity contribution in [1.82, 2.24) is 4.98 Å². The Bertz CT molecular complexity index is 264. The largest absolute Gasteiger partial charge is 0.367 e. The first-order chi connectivity index (χ1) is 5.72. The van der Waals surface area contributed by atoms with E-state index in [-0.39, 0.29) is 0 Å². The molecule has 0 spiro atoms. The van der Waals surface area contributed by atoms with Crippen molar-refractivity contribution in [2.75, 3.05) is 11.9 Å². The SMILES string of the molecule is C=CCNc1cc(C)cc(Cl)n1. The Morgan fingerprint density at radius 2 is 2.42 bits per heavy atom. The highest BCUT2D eigenvalue weighted by Crippen LogP contribution is 2.12. The van der Waals surface area contributed by atoms with Gasteiger partial charge < -0.3 is 5.32 Å². The van der Waals surface area contributed by atoms with Crippen molar-refractivity contribution >= 4 is 17.4 Å². The van der Waals surface area contributed by atoms with Gasteiger partial charge in [-0.05, 0) is 24.6 Å². The van der Waals surface area contributed by atoms with Crippen LogP contribution in [-0.2, 0) is 0 Å². The minimum Gasteiger partial charge on any atom is -0.367 e. The maximum Gasteiger partial charge on any atom is 0.131 e. The van der Waals surface area contributed by atoms with E-state index in [1.165, 1.54) is 0 Å². The number of pyridine rings is 1. The molecule has 0 aliphatic rings. The monoisotopic (exact) mass is 182 g/mol. The Kier molecular flexibility index (Phi) is 3.11. The molecule has 0 radical (unpaired) electrons. The van der Waals surface area contributed by atoms with Gasteiger partial charge in [0.1, 0.15) is 11.0 Å². The summed E-state index contributed by atoms with van der Waals surface area (Å²) in [6.07, 6.45) is 1.78. The summed E-state index contributed by atoms with van der Waals surface area (Å²) >= 11 is 5.75. The first-order valence-electron chi connectivity index (χ1n) is 3.71. The van der Waals surface area contributed by atoms with Crippen molar-refractivity contribution in [2.45, 2.75) is 6.92 Å². The second-order valence-electron chi connectivity index (χ2n) is 2.52. The first-order valence-corrected chi connectivity index (χ1v) is 4.09. The van der Waals surface area contributed by atoms with Crippen LogP contribution in [0.5, 0.6) is 0 Å². The van der Waals surface area contributed by atoms with Crippen LogP contribution in [0.4, 0.5) is 5.82 Å². The van der Waals surface area contributed by atoms with Crippen LogP contribution in [-0.4, -0.2) is 11.5 Å². The summed E-state index contributed by atoms with van der Waals surface area (Å²) in [6, 6.07) is 3.76. The second-order valence-corrected chi connectivity index (χ2v) is 2.91. The van der Waals surface area contributed by atoms with E-state index in [2.05, 4.69) is 16.9 Å². The third-order valence-electron chi connectivity index (χ3n) is 1.37. The zero-order valence-electron chi connectivity index (χ0n) is 6.97. The van der Waals surface area contributed by atoms with Gasteiger partial charge >= 0.3 is 0 Å². The Hall–Kier alpha value is -1.02. The average molecular weight is 183 g/mol. The van der Waals surface area contributed by atoms with Crippen molar-refractivity contribution in [3.8, 4) is 0 Å². The molecule has 1 heterocycles. The maximum atomic E-state index is 5.75. The molecule has 1 aromatic heterocycles. The molecular weight excluding hydrogens is 172 g/mol. The molecule has 2 nitrogen and oxygen atoms in total. The minimum atomic E-state index is 0.515. The van der Waals surface area contributed by atoms with Gasteiger partial charge in [0.15, 0.2) is 0 Å². The summed E-state index contributed by atoms with van der Waals surface area (Å²) in [7, 11) is 0. The predicted molar refractivity (Wildman–Crippen MR) is 52.7 cm³/mol. The lowest BCUT2D eigenvalue weighted by Crippen LogP contribution is -2.00. The highest BCUT2D eigenvalue weighted by atomic mass is 35.5. The van der Waals surface area contributed by atoms with Crippen molar-refractivity contribution in [2.24, 2.45) is 0 Å². The molecule has 64 valence electrons. The fourth-order valence-corrected chi connectivity index (χ4v) is 1.16. The lowest BCUT2D eigenvalue weighted by Gasteiger charge is -2.03. The highest BCUT2D eigenvalue weighted by Gasteiger charge is 1.95. The molecule has 0 fully saturated rings. The molecule has 0 saturated heterocycles. The van der Waals surface area contributed by atoms with E-state index < -0.39 is 0 Å². The van der Waals surface area contributed by atoms with Crippen LogP contribution in [0, 0.1) is 6.92 Å². The molecule has 0 aliphatic heterocycles. The molecule has 0 aromatic carbocycles. The van der Waals surface area contributed by atoms with Crippen molar-refractivity contribution in [3.05, 3.63) is 35.5 Å². The minimum absolute atomic E-state index is 0.515. The van der Waals surface area contributed by atoms with Gasteiger partial charge in [-0.15, -0.1) is 6.58 Å². The van der Waals surface area contributed by atoms with Crippen molar-refractivity contribution in [1.29, 1.82) is 0 Å². The molecule has 0 atom stereocenters. The van der Waals surface area contributed by atoms with E-state index >= 15 is 0 Å². The first kappa shape index (κ1) is 9.07. The predicted octanol–water partition coefficient (Wildman–Crippen LogP) is 2.64. The maximum absolute atomic E-state index is 5.75. The summed E-state index contributed by atoms with van der Waals surface area (Å²) in [5.41, 5.74) is 1.10. The number of hydrogen-bond acceptors (Lipinski definition) is 2. The number of halogens is 1. The van der Waals surface area contributed by atoms with Gasteiger partial charge in [0.05, 0.1) is 0 Å². The summed E-state index contributed by atoms with van der Waals surface area (Å²) in [5.74, 6) is 0.792. The zero-order valence-corrected chi connectivity index (χ0v) is 7.73. The summed E-state index contributed by atoms with van der Waals surface area (Å²) in [6.45, 7) is 6.28. The molecule has 0 aliphatic carbocycles. The van der Waals surface area contributed by atoms with E-state index in [1.54, 1.807) is 6.08 Å². The molecule has 0 saturated carbocycles. The molecule has 1 rings (SSSR count). The Morgan fingerprint density at radius 3 is 3.00 bits per heavy atom. The van der Waals surface area contributed by atoms with Crippen LogP contribution in [0.1, 0.15) is 5.56 Å².